The van der Waals surface area contributed by atoms with Crippen molar-refractivity contribution in [2.24, 2.45) is 0 Å². The van der Waals surface area contributed by atoms with Crippen molar-refractivity contribution in [2.75, 3.05) is 33.9 Å². The lowest BCUT2D eigenvalue weighted by Gasteiger charge is -2.17. The number of aliphatic hydroxyl groups is 1. The van der Waals surface area contributed by atoms with Gasteiger partial charge in [0.05, 0.1) is 20.8 Å². The number of likely N-dealkylation sites (N-methyl/N-ethyl adjacent to an activating group) is 1. The van der Waals surface area contributed by atoms with Crippen LogP contribution in [0.4, 0.5) is 0 Å². The number of carbonyl (C=O) groups is 1. The second kappa shape index (κ2) is 8.22. The van der Waals surface area contributed by atoms with Crippen LogP contribution in [0.2, 0.25) is 0 Å². The number of hydrogen-bond donors (Lipinski definition) is 1. The first kappa shape index (κ1) is 16.0. The zero-order valence-corrected chi connectivity index (χ0v) is 12.1. The molecule has 0 fully saturated rings. The summed E-state index contributed by atoms with van der Waals surface area (Å²) in [5.41, 5.74) is 0.764. The van der Waals surface area contributed by atoms with Gasteiger partial charge in [-0.2, -0.15) is 0 Å². The van der Waals surface area contributed by atoms with Gasteiger partial charge < -0.3 is 19.5 Å². The minimum Gasteiger partial charge on any atom is -0.497 e. The average Bonchev–Trinajstić information content (AvgIpc) is 2.49. The molecule has 1 aromatic rings. The zero-order chi connectivity index (χ0) is 15.0. The number of benzene rings is 1. The van der Waals surface area contributed by atoms with Crippen molar-refractivity contribution in [1.82, 2.24) is 4.90 Å². The molecule has 1 rings (SSSR count). The van der Waals surface area contributed by atoms with Gasteiger partial charge in [0.15, 0.2) is 0 Å². The van der Waals surface area contributed by atoms with Gasteiger partial charge in [-0.15, -0.1) is 0 Å². The predicted octanol–water partition coefficient (Wildman–Crippen LogP) is 1.56. The lowest BCUT2D eigenvalue weighted by Crippen LogP contribution is -2.31. The summed E-state index contributed by atoms with van der Waals surface area (Å²) in [4.78, 5) is 13.5. The maximum atomic E-state index is 11.9. The summed E-state index contributed by atoms with van der Waals surface area (Å²) in [5.74, 6) is 1.21. The van der Waals surface area contributed by atoms with Gasteiger partial charge in [0.2, 0.25) is 5.91 Å². The Morgan fingerprint density at radius 2 is 2.10 bits per heavy atom. The Labute approximate surface area is 119 Å². The lowest BCUT2D eigenvalue weighted by molar-refractivity contribution is -0.126. The van der Waals surface area contributed by atoms with Gasteiger partial charge in [-0.1, -0.05) is 0 Å². The summed E-state index contributed by atoms with van der Waals surface area (Å²) in [5, 5.41) is 8.90. The molecule has 0 spiro atoms. The van der Waals surface area contributed by atoms with Crippen molar-refractivity contribution < 1.29 is 19.4 Å². The van der Waals surface area contributed by atoms with Crippen molar-refractivity contribution in [3.05, 3.63) is 29.8 Å². The van der Waals surface area contributed by atoms with E-state index in [0.29, 0.717) is 24.6 Å². The lowest BCUT2D eigenvalue weighted by atomic mass is 10.1. The maximum Gasteiger partial charge on any atom is 0.246 e. The van der Waals surface area contributed by atoms with Crippen LogP contribution in [0.1, 0.15) is 12.5 Å². The highest BCUT2D eigenvalue weighted by Crippen LogP contribution is 2.25. The third-order valence-electron chi connectivity index (χ3n) is 2.91. The van der Waals surface area contributed by atoms with Crippen molar-refractivity contribution in [3.63, 3.8) is 0 Å². The SMILES string of the molecule is CCN(CCO)C(=O)/C=C/c1cc(OC)ccc1OC. The van der Waals surface area contributed by atoms with E-state index in [0.717, 1.165) is 5.56 Å². The highest BCUT2D eigenvalue weighted by Gasteiger charge is 2.08. The molecule has 0 aromatic heterocycles. The van der Waals surface area contributed by atoms with Crippen LogP contribution in [0.3, 0.4) is 0 Å². The summed E-state index contributed by atoms with van der Waals surface area (Å²) in [6.45, 7) is 2.71. The number of rotatable bonds is 7. The van der Waals surface area contributed by atoms with Gasteiger partial charge in [0, 0.05) is 24.7 Å². The third-order valence-corrected chi connectivity index (χ3v) is 2.91. The number of amides is 1. The fraction of sp³-hybridized carbons (Fsp3) is 0.400. The number of aliphatic hydroxyl groups excluding tert-OH is 1. The van der Waals surface area contributed by atoms with Crippen molar-refractivity contribution in [1.29, 1.82) is 0 Å². The van der Waals surface area contributed by atoms with E-state index in [1.54, 1.807) is 43.4 Å². The van der Waals surface area contributed by atoms with E-state index < -0.39 is 0 Å². The summed E-state index contributed by atoms with van der Waals surface area (Å²) in [6.07, 6.45) is 3.15. The van der Waals surface area contributed by atoms with E-state index in [4.69, 9.17) is 14.6 Å². The number of methoxy groups -OCH3 is 2. The zero-order valence-electron chi connectivity index (χ0n) is 12.1. The third kappa shape index (κ3) is 4.28. The van der Waals surface area contributed by atoms with Gasteiger partial charge in [-0.05, 0) is 31.2 Å². The van der Waals surface area contributed by atoms with Gasteiger partial charge in [0.25, 0.3) is 0 Å². The van der Waals surface area contributed by atoms with Crippen LogP contribution >= 0.6 is 0 Å². The van der Waals surface area contributed by atoms with Crippen LogP contribution in [-0.4, -0.2) is 49.8 Å². The van der Waals surface area contributed by atoms with Crippen LogP contribution in [0.15, 0.2) is 24.3 Å². The Kier molecular flexibility index (Phi) is 6.59. The van der Waals surface area contributed by atoms with Crippen molar-refractivity contribution in [3.8, 4) is 11.5 Å². The van der Waals surface area contributed by atoms with E-state index in [9.17, 15) is 4.79 Å². The summed E-state index contributed by atoms with van der Waals surface area (Å²) < 4.78 is 10.4. The molecule has 1 N–H and O–H groups in total. The predicted molar refractivity (Wildman–Crippen MR) is 77.9 cm³/mol. The molecule has 0 radical (unpaired) electrons. The first-order valence-corrected chi connectivity index (χ1v) is 6.46. The number of nitrogens with zero attached hydrogens (tertiary/aromatic N) is 1. The largest absolute Gasteiger partial charge is 0.497 e. The minimum atomic E-state index is -0.147. The number of ether oxygens (including phenoxy) is 2. The first-order chi connectivity index (χ1) is 9.65. The molecular weight excluding hydrogens is 258 g/mol. The summed E-state index contributed by atoms with van der Waals surface area (Å²) in [6, 6.07) is 5.38. The fourth-order valence-electron chi connectivity index (χ4n) is 1.78. The quantitative estimate of drug-likeness (QED) is 0.769. The molecule has 0 aliphatic carbocycles. The second-order valence-electron chi connectivity index (χ2n) is 4.08. The molecule has 0 bridgehead atoms. The number of hydrogen-bond acceptors (Lipinski definition) is 4. The van der Waals surface area contributed by atoms with Crippen LogP contribution in [0, 0.1) is 0 Å². The first-order valence-electron chi connectivity index (χ1n) is 6.46. The van der Waals surface area contributed by atoms with Crippen LogP contribution < -0.4 is 9.47 Å². The molecule has 5 nitrogen and oxygen atoms in total. The van der Waals surface area contributed by atoms with E-state index >= 15 is 0 Å². The molecule has 1 amide bonds. The van der Waals surface area contributed by atoms with Crippen molar-refractivity contribution >= 4 is 12.0 Å². The molecular formula is C15H21NO4. The Morgan fingerprint density at radius 3 is 2.65 bits per heavy atom. The Bertz CT molecular complexity index is 471. The van der Waals surface area contributed by atoms with E-state index in [1.807, 2.05) is 6.92 Å². The highest BCUT2D eigenvalue weighted by molar-refractivity contribution is 5.92. The van der Waals surface area contributed by atoms with Crippen molar-refractivity contribution in [2.45, 2.75) is 6.92 Å². The molecule has 20 heavy (non-hydrogen) atoms. The van der Waals surface area contributed by atoms with E-state index in [1.165, 1.54) is 6.08 Å². The maximum absolute atomic E-state index is 11.9. The smallest absolute Gasteiger partial charge is 0.246 e. The van der Waals surface area contributed by atoms with Crippen LogP contribution in [0.5, 0.6) is 11.5 Å². The van der Waals surface area contributed by atoms with Crippen LogP contribution in [-0.2, 0) is 4.79 Å². The Hall–Kier alpha value is -2.01. The molecule has 0 aliphatic rings. The Balaban J connectivity index is 2.90. The normalized spacial score (nSPS) is 10.6. The Morgan fingerprint density at radius 1 is 1.35 bits per heavy atom. The monoisotopic (exact) mass is 279 g/mol. The molecule has 110 valence electrons. The van der Waals surface area contributed by atoms with E-state index in [-0.39, 0.29) is 12.5 Å². The van der Waals surface area contributed by atoms with Gasteiger partial charge in [0.1, 0.15) is 11.5 Å². The molecule has 1 aromatic carbocycles. The van der Waals surface area contributed by atoms with E-state index in [2.05, 4.69) is 0 Å². The van der Waals surface area contributed by atoms with Gasteiger partial charge >= 0.3 is 0 Å². The second-order valence-corrected chi connectivity index (χ2v) is 4.08. The van der Waals surface area contributed by atoms with Gasteiger partial charge in [-0.3, -0.25) is 4.79 Å². The number of carbonyl (C=O) groups excluding carboxylic acids is 1. The molecule has 0 heterocycles. The fourth-order valence-corrected chi connectivity index (χ4v) is 1.78. The molecule has 0 unspecified atom stereocenters. The molecule has 0 saturated heterocycles. The molecule has 0 aliphatic heterocycles. The molecule has 0 saturated carbocycles. The van der Waals surface area contributed by atoms with Crippen LogP contribution in [0.25, 0.3) is 6.08 Å². The topological polar surface area (TPSA) is 59.0 Å². The van der Waals surface area contributed by atoms with Gasteiger partial charge in [-0.25, -0.2) is 0 Å². The minimum absolute atomic E-state index is 0.0457. The molecule has 0 atom stereocenters. The standard InChI is InChI=1S/C15H21NO4/c1-4-16(9-10-17)15(18)8-5-12-11-13(19-2)6-7-14(12)20-3/h5-8,11,17H,4,9-10H2,1-3H3/b8-5+. The highest BCUT2D eigenvalue weighted by atomic mass is 16.5. The average molecular weight is 279 g/mol. The summed E-state index contributed by atoms with van der Waals surface area (Å²) in [7, 11) is 3.16. The molecule has 5 heteroatoms. The summed E-state index contributed by atoms with van der Waals surface area (Å²) >= 11 is 0.